The highest BCUT2D eigenvalue weighted by atomic mass is 32.2. The molecule has 0 atom stereocenters. The van der Waals surface area contributed by atoms with Crippen LogP contribution >= 0.6 is 11.8 Å². The number of para-hydroxylation sites is 3. The molecule has 0 amide bonds. The van der Waals surface area contributed by atoms with E-state index in [9.17, 15) is 0 Å². The highest BCUT2D eigenvalue weighted by Crippen LogP contribution is 2.52. The summed E-state index contributed by atoms with van der Waals surface area (Å²) in [5.41, 5.74) is 13.1. The van der Waals surface area contributed by atoms with Crippen LogP contribution in [-0.2, 0) is 0 Å². The molecule has 0 N–H and O–H groups in total. The molecule has 3 aliphatic rings. The minimum atomic E-state index is 0.00628. The molecule has 0 aromatic heterocycles. The van der Waals surface area contributed by atoms with Crippen LogP contribution in [0.5, 0.6) is 11.5 Å². The quantitative estimate of drug-likeness (QED) is 0.168. The summed E-state index contributed by atoms with van der Waals surface area (Å²) >= 11 is 1.87. The van der Waals surface area contributed by atoms with Crippen molar-refractivity contribution in [3.05, 3.63) is 188 Å². The third-order valence-corrected chi connectivity index (χ3v) is 12.6. The maximum atomic E-state index is 7.02. The van der Waals surface area contributed by atoms with E-state index in [1.54, 1.807) is 0 Å². The lowest BCUT2D eigenvalue weighted by atomic mass is 9.33. The molecular formula is C50H31BN2OS. The van der Waals surface area contributed by atoms with Gasteiger partial charge in [-0.2, -0.15) is 0 Å². The molecule has 0 saturated carbocycles. The molecule has 0 fully saturated rings. The minimum absolute atomic E-state index is 0.00628. The molecule has 0 spiro atoms. The van der Waals surface area contributed by atoms with Gasteiger partial charge in [0.05, 0.1) is 5.69 Å². The molecular weight excluding hydrogens is 687 g/mol. The van der Waals surface area contributed by atoms with Crippen LogP contribution in [0.1, 0.15) is 0 Å². The number of ether oxygens (including phenoxy) is 1. The Labute approximate surface area is 324 Å². The topological polar surface area (TPSA) is 15.7 Å². The van der Waals surface area contributed by atoms with Gasteiger partial charge in [0.2, 0.25) is 0 Å². The van der Waals surface area contributed by atoms with Gasteiger partial charge in [0, 0.05) is 49.0 Å². The van der Waals surface area contributed by atoms with Gasteiger partial charge in [-0.25, -0.2) is 0 Å². The summed E-state index contributed by atoms with van der Waals surface area (Å²) in [4.78, 5) is 7.31. The van der Waals surface area contributed by atoms with E-state index in [-0.39, 0.29) is 6.71 Å². The van der Waals surface area contributed by atoms with Crippen molar-refractivity contribution >= 4 is 90.5 Å². The first kappa shape index (κ1) is 30.7. The molecule has 9 aromatic carbocycles. The van der Waals surface area contributed by atoms with Crippen LogP contribution < -0.4 is 30.9 Å². The van der Waals surface area contributed by atoms with Crippen molar-refractivity contribution in [1.29, 1.82) is 0 Å². The number of benzene rings is 9. The predicted octanol–water partition coefficient (Wildman–Crippen LogP) is 12.0. The Morgan fingerprint density at radius 3 is 1.98 bits per heavy atom. The second-order valence-electron chi connectivity index (χ2n) is 14.4. The van der Waals surface area contributed by atoms with Crippen molar-refractivity contribution in [1.82, 2.24) is 0 Å². The molecule has 0 bridgehead atoms. The molecule has 3 nitrogen and oxygen atoms in total. The summed E-state index contributed by atoms with van der Waals surface area (Å²) in [7, 11) is 0. The number of anilines is 6. The van der Waals surface area contributed by atoms with Gasteiger partial charge in [0.1, 0.15) is 11.5 Å². The third kappa shape index (κ3) is 4.54. The first-order valence-electron chi connectivity index (χ1n) is 18.8. The van der Waals surface area contributed by atoms with E-state index in [0.29, 0.717) is 0 Å². The monoisotopic (exact) mass is 718 g/mol. The van der Waals surface area contributed by atoms with E-state index in [1.165, 1.54) is 64.5 Å². The van der Waals surface area contributed by atoms with Gasteiger partial charge in [-0.05, 0) is 117 Å². The summed E-state index contributed by atoms with van der Waals surface area (Å²) in [6.45, 7) is 0.00628. The Hall–Kier alpha value is -6.69. The molecule has 55 heavy (non-hydrogen) atoms. The minimum Gasteiger partial charge on any atom is -0.458 e. The lowest BCUT2D eigenvalue weighted by Gasteiger charge is -2.41. The number of hydrogen-bond donors (Lipinski definition) is 0. The fourth-order valence-electron chi connectivity index (χ4n) is 9.19. The average Bonchev–Trinajstić information content (AvgIpc) is 3.25. The summed E-state index contributed by atoms with van der Waals surface area (Å²) in [5, 5.41) is 5.02. The Kier molecular flexibility index (Phi) is 6.66. The van der Waals surface area contributed by atoms with E-state index in [2.05, 4.69) is 198 Å². The van der Waals surface area contributed by atoms with Crippen molar-refractivity contribution in [3.63, 3.8) is 0 Å². The maximum Gasteiger partial charge on any atom is 0.257 e. The highest BCUT2D eigenvalue weighted by Gasteiger charge is 2.43. The van der Waals surface area contributed by atoms with Gasteiger partial charge in [0.25, 0.3) is 6.71 Å². The maximum absolute atomic E-state index is 7.02. The van der Waals surface area contributed by atoms with Crippen LogP contribution in [0.25, 0.3) is 32.7 Å². The van der Waals surface area contributed by atoms with Gasteiger partial charge in [-0.3, -0.25) is 0 Å². The van der Waals surface area contributed by atoms with E-state index >= 15 is 0 Å². The van der Waals surface area contributed by atoms with Crippen LogP contribution in [0.4, 0.5) is 34.1 Å². The van der Waals surface area contributed by atoms with E-state index in [0.717, 1.165) is 39.9 Å². The van der Waals surface area contributed by atoms with Gasteiger partial charge in [-0.15, -0.1) is 0 Å². The van der Waals surface area contributed by atoms with E-state index < -0.39 is 0 Å². The largest absolute Gasteiger partial charge is 0.458 e. The summed E-state index contributed by atoms with van der Waals surface area (Å²) in [5.74, 6) is 1.84. The normalized spacial score (nSPS) is 13.1. The number of rotatable bonds is 4. The van der Waals surface area contributed by atoms with E-state index in [1.807, 2.05) is 11.8 Å². The first-order valence-corrected chi connectivity index (χ1v) is 19.6. The van der Waals surface area contributed by atoms with E-state index in [4.69, 9.17) is 4.74 Å². The van der Waals surface area contributed by atoms with Gasteiger partial charge >= 0.3 is 0 Å². The number of nitrogens with zero attached hydrogens (tertiary/aromatic N) is 2. The lowest BCUT2D eigenvalue weighted by molar-refractivity contribution is 0.487. The zero-order valence-electron chi connectivity index (χ0n) is 29.7. The smallest absolute Gasteiger partial charge is 0.257 e. The van der Waals surface area contributed by atoms with Crippen molar-refractivity contribution in [2.75, 3.05) is 9.80 Å². The third-order valence-electron chi connectivity index (χ3n) is 11.5. The predicted molar refractivity (Wildman–Crippen MR) is 232 cm³/mol. The summed E-state index contributed by atoms with van der Waals surface area (Å²) in [6, 6.07) is 68.1. The first-order chi connectivity index (χ1) is 27.3. The summed E-state index contributed by atoms with van der Waals surface area (Å²) in [6.07, 6.45) is 0. The standard InChI is InChI=1S/C50H31BN2OS/c1-4-15-33(16-5-1)52(34-17-6-2-7-18-34)41-29-27-37-39-30-45-40(31-47(39)55-46-25-12-22-38(41)48(37)46)51-49-36-21-11-10-14-32(36)26-28-43(49)53(35-19-8-3-9-20-35)42-23-13-24-44(54-45)50(42)51/h1-31H. The molecule has 0 saturated heterocycles. The van der Waals surface area contributed by atoms with Crippen molar-refractivity contribution in [3.8, 4) is 22.6 Å². The lowest BCUT2D eigenvalue weighted by Crippen LogP contribution is -2.59. The summed E-state index contributed by atoms with van der Waals surface area (Å²) < 4.78 is 7.02. The van der Waals surface area contributed by atoms with Gasteiger partial charge in [-0.1, -0.05) is 121 Å². The molecule has 3 aliphatic heterocycles. The average molecular weight is 719 g/mol. The number of hydrogen-bond acceptors (Lipinski definition) is 4. The van der Waals surface area contributed by atoms with Crippen LogP contribution in [0, 0.1) is 0 Å². The molecule has 0 unspecified atom stereocenters. The molecule has 5 heteroatoms. The Morgan fingerprint density at radius 2 is 1.18 bits per heavy atom. The van der Waals surface area contributed by atoms with Gasteiger partial charge in [0.15, 0.2) is 0 Å². The molecule has 0 aliphatic carbocycles. The fourth-order valence-corrected chi connectivity index (χ4v) is 10.4. The Bertz CT molecular complexity index is 2970. The SMILES string of the molecule is c1ccc(N2c3cccc4c3B(c3cc5c(cc3O4)-c3ccc(N(c4ccccc4)c4ccccc4)c4cccc(c34)S5)c3c2ccc2ccccc32)cc1. The molecule has 12 rings (SSSR count). The van der Waals surface area contributed by atoms with Crippen LogP contribution in [0.15, 0.2) is 198 Å². The zero-order valence-corrected chi connectivity index (χ0v) is 30.5. The molecule has 0 radical (unpaired) electrons. The Balaban J connectivity index is 1.07. The van der Waals surface area contributed by atoms with Crippen molar-refractivity contribution < 1.29 is 4.74 Å². The number of fused-ring (bicyclic) bond motifs is 8. The molecule has 256 valence electrons. The second-order valence-corrected chi connectivity index (χ2v) is 15.5. The van der Waals surface area contributed by atoms with Crippen LogP contribution in [0.3, 0.4) is 0 Å². The Morgan fingerprint density at radius 1 is 0.491 bits per heavy atom. The fraction of sp³-hybridized carbons (Fsp3) is 0. The second kappa shape index (κ2) is 11.9. The molecule has 9 aromatic rings. The van der Waals surface area contributed by atoms with Crippen molar-refractivity contribution in [2.45, 2.75) is 9.79 Å². The van der Waals surface area contributed by atoms with Gasteiger partial charge < -0.3 is 14.5 Å². The van der Waals surface area contributed by atoms with Crippen molar-refractivity contribution in [2.24, 2.45) is 0 Å². The zero-order chi connectivity index (χ0) is 36.0. The highest BCUT2D eigenvalue weighted by molar-refractivity contribution is 7.99. The van der Waals surface area contributed by atoms with Crippen LogP contribution in [0.2, 0.25) is 0 Å². The van der Waals surface area contributed by atoms with Crippen LogP contribution in [-0.4, -0.2) is 6.71 Å². The molecule has 3 heterocycles.